The number of benzene rings is 2. The Bertz CT molecular complexity index is 656. The molecule has 0 N–H and O–H groups in total. The SMILES string of the molecule is Cc1cc(F)cc(C(=O)c2cccc3c2OCCC3)c1. The van der Waals surface area contributed by atoms with Gasteiger partial charge in [0.25, 0.3) is 0 Å². The van der Waals surface area contributed by atoms with Gasteiger partial charge in [0.15, 0.2) is 5.78 Å². The first-order valence-electron chi connectivity index (χ1n) is 6.72. The number of rotatable bonds is 2. The van der Waals surface area contributed by atoms with Crippen molar-refractivity contribution in [1.29, 1.82) is 0 Å². The van der Waals surface area contributed by atoms with Crippen LogP contribution in [-0.2, 0) is 6.42 Å². The van der Waals surface area contributed by atoms with Gasteiger partial charge in [0, 0.05) is 5.56 Å². The summed E-state index contributed by atoms with van der Waals surface area (Å²) in [6, 6.07) is 9.96. The second-order valence-electron chi connectivity index (χ2n) is 5.09. The van der Waals surface area contributed by atoms with Crippen LogP contribution in [0.4, 0.5) is 4.39 Å². The van der Waals surface area contributed by atoms with Gasteiger partial charge in [0.2, 0.25) is 0 Å². The van der Waals surface area contributed by atoms with E-state index in [1.807, 2.05) is 12.1 Å². The minimum atomic E-state index is -0.390. The van der Waals surface area contributed by atoms with E-state index in [0.717, 1.165) is 24.0 Å². The number of carbonyl (C=O) groups excluding carboxylic acids is 1. The number of ketones is 1. The summed E-state index contributed by atoms with van der Waals surface area (Å²) in [5, 5.41) is 0. The third-order valence-corrected chi connectivity index (χ3v) is 3.48. The Hall–Kier alpha value is -2.16. The Morgan fingerprint density at radius 2 is 2.10 bits per heavy atom. The fraction of sp³-hybridized carbons (Fsp3) is 0.235. The normalized spacial score (nSPS) is 13.5. The van der Waals surface area contributed by atoms with Crippen LogP contribution >= 0.6 is 0 Å². The van der Waals surface area contributed by atoms with Crippen molar-refractivity contribution in [3.63, 3.8) is 0 Å². The summed E-state index contributed by atoms with van der Waals surface area (Å²) >= 11 is 0. The molecule has 0 atom stereocenters. The van der Waals surface area contributed by atoms with Gasteiger partial charge >= 0.3 is 0 Å². The number of aryl methyl sites for hydroxylation is 2. The van der Waals surface area contributed by atoms with Crippen molar-refractivity contribution in [3.8, 4) is 5.75 Å². The Kier molecular flexibility index (Phi) is 3.26. The van der Waals surface area contributed by atoms with Crippen molar-refractivity contribution in [1.82, 2.24) is 0 Å². The van der Waals surface area contributed by atoms with Crippen LogP contribution in [0.1, 0.15) is 33.5 Å². The molecule has 20 heavy (non-hydrogen) atoms. The zero-order valence-electron chi connectivity index (χ0n) is 11.3. The quantitative estimate of drug-likeness (QED) is 0.778. The Morgan fingerprint density at radius 3 is 2.90 bits per heavy atom. The fourth-order valence-corrected chi connectivity index (χ4v) is 2.59. The first-order chi connectivity index (χ1) is 9.65. The van der Waals surface area contributed by atoms with Crippen LogP contribution in [0, 0.1) is 12.7 Å². The lowest BCUT2D eigenvalue weighted by Crippen LogP contribution is -2.13. The first kappa shape index (κ1) is 12.9. The van der Waals surface area contributed by atoms with Crippen molar-refractivity contribution >= 4 is 5.78 Å². The average molecular weight is 270 g/mol. The van der Waals surface area contributed by atoms with Gasteiger partial charge in [0.1, 0.15) is 11.6 Å². The van der Waals surface area contributed by atoms with Crippen molar-refractivity contribution < 1.29 is 13.9 Å². The average Bonchev–Trinajstić information content (AvgIpc) is 2.45. The molecule has 0 radical (unpaired) electrons. The van der Waals surface area contributed by atoms with E-state index in [4.69, 9.17) is 4.74 Å². The highest BCUT2D eigenvalue weighted by Gasteiger charge is 2.20. The van der Waals surface area contributed by atoms with E-state index in [2.05, 4.69) is 0 Å². The summed E-state index contributed by atoms with van der Waals surface area (Å²) in [6.07, 6.45) is 1.88. The molecule has 1 aliphatic rings. The molecule has 0 unspecified atom stereocenters. The maximum Gasteiger partial charge on any atom is 0.196 e. The molecule has 3 rings (SSSR count). The minimum Gasteiger partial charge on any atom is -0.493 e. The van der Waals surface area contributed by atoms with Crippen LogP contribution < -0.4 is 4.74 Å². The predicted octanol–water partition coefficient (Wildman–Crippen LogP) is 3.69. The van der Waals surface area contributed by atoms with E-state index in [1.54, 1.807) is 19.1 Å². The van der Waals surface area contributed by atoms with Crippen LogP contribution in [0.3, 0.4) is 0 Å². The number of para-hydroxylation sites is 1. The number of carbonyl (C=O) groups is 1. The van der Waals surface area contributed by atoms with E-state index >= 15 is 0 Å². The van der Waals surface area contributed by atoms with E-state index in [0.29, 0.717) is 23.5 Å². The van der Waals surface area contributed by atoms with Gasteiger partial charge in [-0.2, -0.15) is 0 Å². The van der Waals surface area contributed by atoms with Gasteiger partial charge in [0.05, 0.1) is 12.2 Å². The van der Waals surface area contributed by atoms with Gasteiger partial charge in [-0.3, -0.25) is 4.79 Å². The zero-order valence-corrected chi connectivity index (χ0v) is 11.3. The zero-order chi connectivity index (χ0) is 14.1. The highest BCUT2D eigenvalue weighted by molar-refractivity contribution is 6.11. The summed E-state index contributed by atoms with van der Waals surface area (Å²) in [6.45, 7) is 2.40. The van der Waals surface area contributed by atoms with Crippen LogP contribution in [0.5, 0.6) is 5.75 Å². The van der Waals surface area contributed by atoms with E-state index in [-0.39, 0.29) is 11.6 Å². The standard InChI is InChI=1S/C17H15FO2/c1-11-8-13(10-14(18)9-11)16(19)15-6-2-4-12-5-3-7-20-17(12)15/h2,4,6,8-10H,3,5,7H2,1H3. The second kappa shape index (κ2) is 5.08. The number of hydrogen-bond donors (Lipinski definition) is 0. The monoisotopic (exact) mass is 270 g/mol. The molecule has 2 aromatic rings. The number of fused-ring (bicyclic) bond motifs is 1. The molecule has 0 aliphatic carbocycles. The van der Waals surface area contributed by atoms with Crippen molar-refractivity contribution in [2.45, 2.75) is 19.8 Å². The number of hydrogen-bond acceptors (Lipinski definition) is 2. The Labute approximate surface area is 117 Å². The molecule has 2 nitrogen and oxygen atoms in total. The first-order valence-corrected chi connectivity index (χ1v) is 6.72. The maximum atomic E-state index is 13.5. The third kappa shape index (κ3) is 2.31. The molecule has 0 fully saturated rings. The molecule has 102 valence electrons. The lowest BCUT2D eigenvalue weighted by Gasteiger charge is -2.19. The van der Waals surface area contributed by atoms with Gasteiger partial charge in [-0.15, -0.1) is 0 Å². The molecule has 1 aliphatic heterocycles. The van der Waals surface area contributed by atoms with E-state index in [9.17, 15) is 9.18 Å². The number of ether oxygens (including phenoxy) is 1. The molecule has 0 spiro atoms. The van der Waals surface area contributed by atoms with Gasteiger partial charge < -0.3 is 4.74 Å². The van der Waals surface area contributed by atoms with Crippen molar-refractivity contribution in [3.05, 3.63) is 64.5 Å². The third-order valence-electron chi connectivity index (χ3n) is 3.48. The molecular formula is C17H15FO2. The highest BCUT2D eigenvalue weighted by atomic mass is 19.1. The molecule has 1 heterocycles. The lowest BCUT2D eigenvalue weighted by atomic mass is 9.96. The summed E-state index contributed by atoms with van der Waals surface area (Å²) in [5.74, 6) is 0.0797. The smallest absolute Gasteiger partial charge is 0.196 e. The van der Waals surface area contributed by atoms with E-state index < -0.39 is 0 Å². The molecule has 0 saturated carbocycles. The fourth-order valence-electron chi connectivity index (χ4n) is 2.59. The summed E-state index contributed by atoms with van der Waals surface area (Å²) in [7, 11) is 0. The van der Waals surface area contributed by atoms with Crippen LogP contribution in [-0.4, -0.2) is 12.4 Å². The largest absolute Gasteiger partial charge is 0.493 e. The molecule has 0 saturated heterocycles. The predicted molar refractivity (Wildman–Crippen MR) is 74.8 cm³/mol. The number of halogens is 1. The summed E-state index contributed by atoms with van der Waals surface area (Å²) < 4.78 is 19.1. The highest BCUT2D eigenvalue weighted by Crippen LogP contribution is 2.30. The summed E-state index contributed by atoms with van der Waals surface area (Å²) in [4.78, 5) is 12.6. The minimum absolute atomic E-state index is 0.189. The van der Waals surface area contributed by atoms with Crippen LogP contribution in [0.15, 0.2) is 36.4 Å². The van der Waals surface area contributed by atoms with Gasteiger partial charge in [-0.25, -0.2) is 4.39 Å². The Morgan fingerprint density at radius 1 is 1.25 bits per heavy atom. The molecule has 0 bridgehead atoms. The molecule has 0 amide bonds. The van der Waals surface area contributed by atoms with Crippen molar-refractivity contribution in [2.75, 3.05) is 6.61 Å². The second-order valence-corrected chi connectivity index (χ2v) is 5.09. The Balaban J connectivity index is 2.06. The molecular weight excluding hydrogens is 255 g/mol. The molecule has 3 heteroatoms. The summed E-state index contributed by atoms with van der Waals surface area (Å²) in [5.41, 5.74) is 2.67. The van der Waals surface area contributed by atoms with Crippen LogP contribution in [0.2, 0.25) is 0 Å². The van der Waals surface area contributed by atoms with Gasteiger partial charge in [-0.1, -0.05) is 12.1 Å². The van der Waals surface area contributed by atoms with Gasteiger partial charge in [-0.05, 0) is 55.2 Å². The maximum absolute atomic E-state index is 13.5. The molecule has 2 aromatic carbocycles. The lowest BCUT2D eigenvalue weighted by molar-refractivity contribution is 0.103. The molecule has 0 aromatic heterocycles. The van der Waals surface area contributed by atoms with E-state index in [1.165, 1.54) is 12.1 Å². The van der Waals surface area contributed by atoms with Crippen molar-refractivity contribution in [2.24, 2.45) is 0 Å². The van der Waals surface area contributed by atoms with Crippen LogP contribution in [0.25, 0.3) is 0 Å². The topological polar surface area (TPSA) is 26.3 Å².